The van der Waals surface area contributed by atoms with Crippen molar-refractivity contribution < 1.29 is 13.3 Å². The molecule has 0 radical (unpaired) electrons. The molecule has 0 aliphatic carbocycles. The Hall–Kier alpha value is -1.47. The fourth-order valence-corrected chi connectivity index (χ4v) is 2.64. The number of rotatable bonds is 2. The highest BCUT2D eigenvalue weighted by molar-refractivity contribution is 7.61. The molecule has 0 heterocycles. The van der Waals surface area contributed by atoms with E-state index in [-0.39, 0.29) is 11.6 Å². The molecule has 0 atom stereocenters. The molecule has 0 N–H and O–H groups in total. The van der Waals surface area contributed by atoms with Crippen molar-refractivity contribution in [3.63, 3.8) is 0 Å². The predicted octanol–water partition coefficient (Wildman–Crippen LogP) is 2.48. The van der Waals surface area contributed by atoms with Crippen LogP contribution in [0.2, 0.25) is 0 Å². The highest BCUT2D eigenvalue weighted by atomic mass is 31.1. The third-order valence-corrected chi connectivity index (χ3v) is 3.93. The number of hydrogen-bond acceptors (Lipinski definition) is 1. The van der Waals surface area contributed by atoms with Crippen LogP contribution < -0.4 is 10.6 Å². The molecule has 82 valence electrons. The molecule has 16 heavy (non-hydrogen) atoms. The Morgan fingerprint density at radius 2 is 1.00 bits per heavy atom. The molecule has 0 unspecified atom stereocenters. The van der Waals surface area contributed by atoms with E-state index in [1.165, 1.54) is 48.5 Å². The second-order valence-corrected chi connectivity index (χ2v) is 5.16. The quantitative estimate of drug-likeness (QED) is 0.734. The maximum absolute atomic E-state index is 12.7. The molecule has 1 nitrogen and oxygen atoms in total. The van der Waals surface area contributed by atoms with E-state index in [0.717, 1.165) is 0 Å². The lowest BCUT2D eigenvalue weighted by Gasteiger charge is -2.02. The van der Waals surface area contributed by atoms with Crippen molar-refractivity contribution in [2.24, 2.45) is 0 Å². The van der Waals surface area contributed by atoms with Crippen LogP contribution in [0.1, 0.15) is 0 Å². The Kier molecular flexibility index (Phi) is 3.16. The summed E-state index contributed by atoms with van der Waals surface area (Å²) in [6, 6.07) is 11.0. The van der Waals surface area contributed by atoms with E-state index in [1.807, 2.05) is 0 Å². The van der Waals surface area contributed by atoms with Gasteiger partial charge in [-0.3, -0.25) is 0 Å². The predicted molar refractivity (Wildman–Crippen MR) is 61.1 cm³/mol. The van der Waals surface area contributed by atoms with Crippen molar-refractivity contribution in [2.75, 3.05) is 0 Å². The fourth-order valence-electron chi connectivity index (χ4n) is 1.37. The van der Waals surface area contributed by atoms with Crippen molar-refractivity contribution in [3.8, 4) is 0 Å². The van der Waals surface area contributed by atoms with Crippen LogP contribution in [0.25, 0.3) is 0 Å². The van der Waals surface area contributed by atoms with E-state index in [9.17, 15) is 13.3 Å². The molecule has 0 amide bonds. The summed E-state index contributed by atoms with van der Waals surface area (Å²) in [5.41, 5.74) is 0. The number of hydrogen-bond donors (Lipinski definition) is 0. The van der Waals surface area contributed by atoms with Crippen LogP contribution in [-0.4, -0.2) is 0 Å². The summed E-state index contributed by atoms with van der Waals surface area (Å²) in [6.07, 6.45) is 0. The Morgan fingerprint density at radius 1 is 0.688 bits per heavy atom. The van der Waals surface area contributed by atoms with Gasteiger partial charge in [0.25, 0.3) is 0 Å². The first-order valence-electron chi connectivity index (χ1n) is 4.72. The van der Waals surface area contributed by atoms with Gasteiger partial charge in [-0.05, 0) is 48.5 Å². The summed E-state index contributed by atoms with van der Waals surface area (Å²) in [5, 5.41) is 1.14. The molecule has 4 heteroatoms. The van der Waals surface area contributed by atoms with Gasteiger partial charge in [-0.15, -0.1) is 0 Å². The van der Waals surface area contributed by atoms with Crippen LogP contribution in [0.3, 0.4) is 0 Å². The minimum atomic E-state index is -2.16. The van der Waals surface area contributed by atoms with Gasteiger partial charge >= 0.3 is 0 Å². The first-order valence-corrected chi connectivity index (χ1v) is 6.13. The minimum absolute atomic E-state index is 0.363. The topological polar surface area (TPSA) is 17.1 Å². The van der Waals surface area contributed by atoms with Crippen LogP contribution in [0.5, 0.6) is 0 Å². The standard InChI is InChI=1S/C12H9F2OP/c13-9-1-5-11(6-2-9)16(15)12-7-3-10(14)4-8-12/h1-8,16H. The largest absolute Gasteiger partial charge is 0.317 e. The summed E-state index contributed by atoms with van der Waals surface area (Å²) < 4.78 is 37.3. The molecule has 2 rings (SSSR count). The first kappa shape index (κ1) is 11.0. The van der Waals surface area contributed by atoms with Crippen molar-refractivity contribution in [1.29, 1.82) is 0 Å². The first-order chi connectivity index (χ1) is 7.66. The molecule has 0 saturated carbocycles. The van der Waals surface area contributed by atoms with Gasteiger partial charge in [0, 0.05) is 10.6 Å². The zero-order chi connectivity index (χ0) is 11.5. The lowest BCUT2D eigenvalue weighted by atomic mass is 10.3. The highest BCUT2D eigenvalue weighted by Gasteiger charge is 2.06. The second kappa shape index (κ2) is 4.58. The molecule has 0 spiro atoms. The Labute approximate surface area is 92.5 Å². The summed E-state index contributed by atoms with van der Waals surface area (Å²) >= 11 is 0. The zero-order valence-electron chi connectivity index (χ0n) is 8.28. The van der Waals surface area contributed by atoms with Crippen LogP contribution >= 0.6 is 7.80 Å². The molecular formula is C12H9F2OP. The molecule has 0 aliphatic heterocycles. The van der Waals surface area contributed by atoms with Crippen molar-refractivity contribution in [2.45, 2.75) is 0 Å². The van der Waals surface area contributed by atoms with Crippen LogP contribution in [0.4, 0.5) is 8.78 Å². The Bertz CT molecular complexity index is 458. The molecule has 0 fully saturated rings. The molecule has 0 aliphatic rings. The van der Waals surface area contributed by atoms with Gasteiger partial charge in [0.2, 0.25) is 0 Å². The van der Waals surface area contributed by atoms with Gasteiger partial charge in [-0.1, -0.05) is 0 Å². The maximum atomic E-state index is 12.7. The maximum Gasteiger partial charge on any atom is 0.131 e. The average Bonchev–Trinajstić information content (AvgIpc) is 2.30. The van der Waals surface area contributed by atoms with E-state index in [0.29, 0.717) is 10.6 Å². The molecule has 2 aromatic rings. The number of halogens is 2. The molecule has 0 aromatic heterocycles. The number of benzene rings is 2. The van der Waals surface area contributed by atoms with E-state index >= 15 is 0 Å². The Balaban J connectivity index is 2.32. The summed E-state index contributed by atoms with van der Waals surface area (Å²) in [5.74, 6) is -0.727. The van der Waals surface area contributed by atoms with Crippen molar-refractivity contribution in [1.82, 2.24) is 0 Å². The normalized spacial score (nSPS) is 10.7. The summed E-state index contributed by atoms with van der Waals surface area (Å²) in [4.78, 5) is 0. The lowest BCUT2D eigenvalue weighted by Crippen LogP contribution is -2.06. The van der Waals surface area contributed by atoms with Crippen molar-refractivity contribution in [3.05, 3.63) is 60.2 Å². The molecular weight excluding hydrogens is 229 g/mol. The van der Waals surface area contributed by atoms with E-state index < -0.39 is 7.80 Å². The summed E-state index contributed by atoms with van der Waals surface area (Å²) in [6.45, 7) is 0. The van der Waals surface area contributed by atoms with Crippen molar-refractivity contribution >= 4 is 18.4 Å². The minimum Gasteiger partial charge on any atom is -0.317 e. The van der Waals surface area contributed by atoms with Gasteiger partial charge in [0.15, 0.2) is 0 Å². The smallest absolute Gasteiger partial charge is 0.131 e. The van der Waals surface area contributed by atoms with Crippen LogP contribution in [-0.2, 0) is 4.57 Å². The lowest BCUT2D eigenvalue weighted by molar-refractivity contribution is 0.598. The van der Waals surface area contributed by atoms with Gasteiger partial charge in [-0.2, -0.15) is 0 Å². The molecule has 2 aromatic carbocycles. The van der Waals surface area contributed by atoms with Crippen LogP contribution in [0, 0.1) is 11.6 Å². The fraction of sp³-hybridized carbons (Fsp3) is 0. The highest BCUT2D eigenvalue weighted by Crippen LogP contribution is 2.19. The molecule has 0 bridgehead atoms. The summed E-state index contributed by atoms with van der Waals surface area (Å²) in [7, 11) is -2.16. The molecule has 0 saturated heterocycles. The van der Waals surface area contributed by atoms with E-state index in [2.05, 4.69) is 0 Å². The van der Waals surface area contributed by atoms with Gasteiger partial charge in [0.1, 0.15) is 19.4 Å². The third-order valence-electron chi connectivity index (χ3n) is 2.21. The second-order valence-electron chi connectivity index (χ2n) is 3.34. The third kappa shape index (κ3) is 2.37. The van der Waals surface area contributed by atoms with Gasteiger partial charge < -0.3 is 4.57 Å². The Morgan fingerprint density at radius 3 is 1.31 bits per heavy atom. The zero-order valence-corrected chi connectivity index (χ0v) is 9.28. The van der Waals surface area contributed by atoms with E-state index in [4.69, 9.17) is 0 Å². The monoisotopic (exact) mass is 238 g/mol. The van der Waals surface area contributed by atoms with Crippen LogP contribution in [0.15, 0.2) is 48.5 Å². The van der Waals surface area contributed by atoms with Gasteiger partial charge in [-0.25, -0.2) is 8.78 Å². The SMILES string of the molecule is O=[PH](c1ccc(F)cc1)c1ccc(F)cc1. The average molecular weight is 238 g/mol. The van der Waals surface area contributed by atoms with E-state index in [1.54, 1.807) is 0 Å². The van der Waals surface area contributed by atoms with Gasteiger partial charge in [0.05, 0.1) is 0 Å².